The number of aryl methyl sites for hydroxylation is 1. The van der Waals surface area contributed by atoms with Gasteiger partial charge in [-0.05, 0) is 30.7 Å². The molecule has 1 fully saturated rings. The molecular formula is C18H20N4O2. The number of nitrogens with one attached hydrogen (secondary N) is 1. The molecule has 0 spiro atoms. The van der Waals surface area contributed by atoms with Gasteiger partial charge in [0.2, 0.25) is 0 Å². The van der Waals surface area contributed by atoms with Gasteiger partial charge in [-0.15, -0.1) is 0 Å². The molecule has 1 N–H and O–H groups in total. The summed E-state index contributed by atoms with van der Waals surface area (Å²) >= 11 is 0. The number of anilines is 2. The minimum absolute atomic E-state index is 0.391. The number of pyridine rings is 1. The van der Waals surface area contributed by atoms with Gasteiger partial charge >= 0.3 is 11.8 Å². The van der Waals surface area contributed by atoms with E-state index >= 15 is 0 Å². The van der Waals surface area contributed by atoms with Crippen LogP contribution >= 0.6 is 0 Å². The van der Waals surface area contributed by atoms with Gasteiger partial charge in [0.1, 0.15) is 5.82 Å². The Morgan fingerprint density at radius 3 is 2.33 bits per heavy atom. The number of carbonyl (C=O) groups is 2. The zero-order valence-corrected chi connectivity index (χ0v) is 13.6. The van der Waals surface area contributed by atoms with E-state index in [1.54, 1.807) is 17.2 Å². The molecule has 2 aromatic rings. The zero-order chi connectivity index (χ0) is 16.9. The van der Waals surface area contributed by atoms with Crippen molar-refractivity contribution in [2.45, 2.75) is 6.92 Å². The van der Waals surface area contributed by atoms with Gasteiger partial charge in [0, 0.05) is 38.1 Å². The molecule has 2 heterocycles. The monoisotopic (exact) mass is 324 g/mol. The predicted octanol–water partition coefficient (Wildman–Crippen LogP) is 1.68. The lowest BCUT2D eigenvalue weighted by atomic mass is 10.2. The Kier molecular flexibility index (Phi) is 4.74. The second-order valence-electron chi connectivity index (χ2n) is 5.79. The lowest BCUT2D eigenvalue weighted by molar-refractivity contribution is -0.143. The smallest absolute Gasteiger partial charge is 0.315 e. The summed E-state index contributed by atoms with van der Waals surface area (Å²) in [5.74, 6) is -0.758. The number of carbonyl (C=O) groups excluding carboxylic acids is 2. The van der Waals surface area contributed by atoms with E-state index in [1.165, 1.54) is 0 Å². The van der Waals surface area contributed by atoms with Gasteiger partial charge in [0.25, 0.3) is 0 Å². The Hall–Kier alpha value is -2.89. The van der Waals surface area contributed by atoms with E-state index in [1.807, 2.05) is 43.3 Å². The second-order valence-corrected chi connectivity index (χ2v) is 5.79. The lowest BCUT2D eigenvalue weighted by Crippen LogP contribution is -2.51. The number of hydrogen-bond acceptors (Lipinski definition) is 4. The molecule has 1 aliphatic rings. The van der Waals surface area contributed by atoms with E-state index in [9.17, 15) is 9.59 Å². The standard InChI is InChI=1S/C18H20N4O2/c1-14-7-8-16(19-13-14)20-17(23)18(24)22-11-9-21(10-12-22)15-5-3-2-4-6-15/h2-8,13H,9-12H2,1H3,(H,19,20,23). The van der Waals surface area contributed by atoms with Gasteiger partial charge in [-0.1, -0.05) is 24.3 Å². The maximum Gasteiger partial charge on any atom is 0.315 e. The number of benzene rings is 1. The summed E-state index contributed by atoms with van der Waals surface area (Å²) < 4.78 is 0. The molecule has 124 valence electrons. The summed E-state index contributed by atoms with van der Waals surface area (Å²) in [6.07, 6.45) is 1.65. The Labute approximate surface area is 141 Å². The molecular weight excluding hydrogens is 304 g/mol. The molecule has 24 heavy (non-hydrogen) atoms. The summed E-state index contributed by atoms with van der Waals surface area (Å²) in [6.45, 7) is 4.40. The van der Waals surface area contributed by atoms with Gasteiger partial charge in [-0.25, -0.2) is 4.98 Å². The maximum atomic E-state index is 12.3. The number of piperazine rings is 1. The zero-order valence-electron chi connectivity index (χ0n) is 13.6. The van der Waals surface area contributed by atoms with Crippen LogP contribution in [-0.4, -0.2) is 47.9 Å². The highest BCUT2D eigenvalue weighted by Gasteiger charge is 2.26. The van der Waals surface area contributed by atoms with E-state index in [0.717, 1.165) is 11.3 Å². The van der Waals surface area contributed by atoms with Crippen molar-refractivity contribution in [3.8, 4) is 0 Å². The largest absolute Gasteiger partial charge is 0.368 e. The van der Waals surface area contributed by atoms with Crippen molar-refractivity contribution in [2.24, 2.45) is 0 Å². The Morgan fingerprint density at radius 1 is 1.00 bits per heavy atom. The summed E-state index contributed by atoms with van der Waals surface area (Å²) in [4.78, 5) is 32.3. The van der Waals surface area contributed by atoms with Crippen LogP contribution in [0.15, 0.2) is 48.7 Å². The van der Waals surface area contributed by atoms with Crippen molar-refractivity contribution in [1.82, 2.24) is 9.88 Å². The molecule has 3 rings (SSSR count). The van der Waals surface area contributed by atoms with Crippen molar-refractivity contribution in [3.05, 3.63) is 54.2 Å². The third kappa shape index (κ3) is 3.71. The van der Waals surface area contributed by atoms with Crippen LogP contribution in [-0.2, 0) is 9.59 Å². The van der Waals surface area contributed by atoms with Crippen LogP contribution in [0.4, 0.5) is 11.5 Å². The van der Waals surface area contributed by atoms with Gasteiger partial charge in [-0.3, -0.25) is 9.59 Å². The highest BCUT2D eigenvalue weighted by molar-refractivity contribution is 6.39. The fourth-order valence-corrected chi connectivity index (χ4v) is 2.66. The third-order valence-corrected chi connectivity index (χ3v) is 4.04. The Morgan fingerprint density at radius 2 is 1.71 bits per heavy atom. The first-order valence-corrected chi connectivity index (χ1v) is 7.96. The van der Waals surface area contributed by atoms with E-state index in [0.29, 0.717) is 32.0 Å². The first-order valence-electron chi connectivity index (χ1n) is 7.96. The van der Waals surface area contributed by atoms with Crippen LogP contribution in [0.2, 0.25) is 0 Å². The van der Waals surface area contributed by atoms with Gasteiger partial charge in [-0.2, -0.15) is 0 Å². The van der Waals surface area contributed by atoms with Crippen molar-refractivity contribution >= 4 is 23.3 Å². The van der Waals surface area contributed by atoms with Crippen LogP contribution < -0.4 is 10.2 Å². The van der Waals surface area contributed by atoms with Gasteiger partial charge in [0.05, 0.1) is 0 Å². The molecule has 6 nitrogen and oxygen atoms in total. The molecule has 1 aliphatic heterocycles. The van der Waals surface area contributed by atoms with E-state index in [2.05, 4.69) is 15.2 Å². The maximum absolute atomic E-state index is 12.3. The Bertz CT molecular complexity index is 708. The number of para-hydroxylation sites is 1. The normalized spacial score (nSPS) is 14.4. The second kappa shape index (κ2) is 7.12. The highest BCUT2D eigenvalue weighted by atomic mass is 16.2. The SMILES string of the molecule is Cc1ccc(NC(=O)C(=O)N2CCN(c3ccccc3)CC2)nc1. The van der Waals surface area contributed by atoms with E-state index in [4.69, 9.17) is 0 Å². The summed E-state index contributed by atoms with van der Waals surface area (Å²) in [6, 6.07) is 13.6. The molecule has 0 aliphatic carbocycles. The first-order chi connectivity index (χ1) is 11.6. The molecule has 1 aromatic carbocycles. The molecule has 0 atom stereocenters. The molecule has 0 unspecified atom stereocenters. The van der Waals surface area contributed by atoms with Crippen LogP contribution in [0.3, 0.4) is 0 Å². The number of nitrogens with zero attached hydrogens (tertiary/aromatic N) is 3. The number of hydrogen-bond donors (Lipinski definition) is 1. The third-order valence-electron chi connectivity index (χ3n) is 4.04. The predicted molar refractivity (Wildman–Crippen MR) is 92.8 cm³/mol. The molecule has 1 aromatic heterocycles. The molecule has 0 radical (unpaired) electrons. The molecule has 6 heteroatoms. The van der Waals surface area contributed by atoms with Gasteiger partial charge < -0.3 is 15.1 Å². The van der Waals surface area contributed by atoms with Crippen molar-refractivity contribution in [1.29, 1.82) is 0 Å². The number of rotatable bonds is 2. The summed E-state index contributed by atoms with van der Waals surface area (Å²) in [5.41, 5.74) is 2.13. The molecule has 2 amide bonds. The molecule has 0 saturated carbocycles. The van der Waals surface area contributed by atoms with Crippen molar-refractivity contribution in [2.75, 3.05) is 36.4 Å². The molecule has 1 saturated heterocycles. The average Bonchev–Trinajstić information content (AvgIpc) is 2.64. The van der Waals surface area contributed by atoms with Gasteiger partial charge in [0.15, 0.2) is 0 Å². The minimum atomic E-state index is -0.639. The highest BCUT2D eigenvalue weighted by Crippen LogP contribution is 2.15. The number of aromatic nitrogens is 1. The summed E-state index contributed by atoms with van der Waals surface area (Å²) in [5, 5.41) is 2.55. The van der Waals surface area contributed by atoms with Crippen LogP contribution in [0.5, 0.6) is 0 Å². The van der Waals surface area contributed by atoms with Crippen molar-refractivity contribution < 1.29 is 9.59 Å². The summed E-state index contributed by atoms with van der Waals surface area (Å²) in [7, 11) is 0. The topological polar surface area (TPSA) is 65.5 Å². The van der Waals surface area contributed by atoms with Crippen LogP contribution in [0.1, 0.15) is 5.56 Å². The molecule has 0 bridgehead atoms. The number of amides is 2. The van der Waals surface area contributed by atoms with E-state index in [-0.39, 0.29) is 0 Å². The van der Waals surface area contributed by atoms with E-state index < -0.39 is 11.8 Å². The average molecular weight is 324 g/mol. The lowest BCUT2D eigenvalue weighted by Gasteiger charge is -2.35. The quantitative estimate of drug-likeness (QED) is 0.854. The van der Waals surface area contributed by atoms with Crippen LogP contribution in [0, 0.1) is 6.92 Å². The fourth-order valence-electron chi connectivity index (χ4n) is 2.66. The Balaban J connectivity index is 1.54. The first kappa shape index (κ1) is 16.0. The van der Waals surface area contributed by atoms with Crippen LogP contribution in [0.25, 0.3) is 0 Å². The fraction of sp³-hybridized carbons (Fsp3) is 0.278. The minimum Gasteiger partial charge on any atom is -0.368 e. The van der Waals surface area contributed by atoms with Crippen molar-refractivity contribution in [3.63, 3.8) is 0 Å².